The van der Waals surface area contributed by atoms with Gasteiger partial charge in [0.1, 0.15) is 0 Å². The van der Waals surface area contributed by atoms with E-state index in [-0.39, 0.29) is 0 Å². The second-order valence-corrected chi connectivity index (χ2v) is 3.73. The molecule has 1 aromatic rings. The van der Waals surface area contributed by atoms with Gasteiger partial charge in [-0.1, -0.05) is 37.3 Å². The Kier molecular flexibility index (Phi) is 3.97. The van der Waals surface area contributed by atoms with Crippen LogP contribution in [0.25, 0.3) is 0 Å². The molecule has 0 aliphatic heterocycles. The second kappa shape index (κ2) is 5.03. The molecule has 0 heterocycles. The molecule has 0 amide bonds. The highest BCUT2D eigenvalue weighted by molar-refractivity contribution is 5.19. The summed E-state index contributed by atoms with van der Waals surface area (Å²) >= 11 is 0. The van der Waals surface area contributed by atoms with E-state index in [0.717, 1.165) is 6.42 Å². The van der Waals surface area contributed by atoms with Gasteiger partial charge in [0, 0.05) is 6.04 Å². The molecular weight excluding hydrogens is 158 g/mol. The summed E-state index contributed by atoms with van der Waals surface area (Å²) in [6, 6.07) is 10.9. The number of benzene rings is 1. The maximum absolute atomic E-state index is 5.81. The Morgan fingerprint density at radius 3 is 2.31 bits per heavy atom. The van der Waals surface area contributed by atoms with Gasteiger partial charge in [0.05, 0.1) is 0 Å². The average molecular weight is 177 g/mol. The van der Waals surface area contributed by atoms with Crippen LogP contribution in [0.3, 0.4) is 0 Å². The lowest BCUT2D eigenvalue weighted by molar-refractivity contribution is 0.540. The predicted molar refractivity (Wildman–Crippen MR) is 57.7 cm³/mol. The molecule has 13 heavy (non-hydrogen) atoms. The van der Waals surface area contributed by atoms with Gasteiger partial charge < -0.3 is 5.73 Å². The summed E-state index contributed by atoms with van der Waals surface area (Å²) in [5.41, 5.74) is 7.23. The molecule has 0 spiro atoms. The minimum absolute atomic E-state index is 0.296. The standard InChI is InChI=1S/C12H19N/c1-3-11(9-10(2)13)12-7-5-4-6-8-12/h4-8,10-11H,3,9,13H2,1-2H3/t10-,11-/m0/s1. The van der Waals surface area contributed by atoms with Crippen LogP contribution in [-0.4, -0.2) is 6.04 Å². The zero-order valence-electron chi connectivity index (χ0n) is 8.53. The van der Waals surface area contributed by atoms with E-state index in [1.54, 1.807) is 0 Å². The molecule has 1 heteroatoms. The predicted octanol–water partition coefficient (Wildman–Crippen LogP) is 2.92. The van der Waals surface area contributed by atoms with Crippen molar-refractivity contribution >= 4 is 0 Å². The second-order valence-electron chi connectivity index (χ2n) is 3.73. The molecule has 1 nitrogen and oxygen atoms in total. The third-order valence-electron chi connectivity index (χ3n) is 2.42. The summed E-state index contributed by atoms with van der Waals surface area (Å²) in [7, 11) is 0. The Morgan fingerprint density at radius 1 is 1.23 bits per heavy atom. The van der Waals surface area contributed by atoms with Gasteiger partial charge in [-0.05, 0) is 31.2 Å². The highest BCUT2D eigenvalue weighted by Crippen LogP contribution is 2.23. The maximum Gasteiger partial charge on any atom is 0.00163 e. The molecule has 0 aliphatic rings. The van der Waals surface area contributed by atoms with Gasteiger partial charge in [-0.15, -0.1) is 0 Å². The van der Waals surface area contributed by atoms with Gasteiger partial charge in [0.2, 0.25) is 0 Å². The highest BCUT2D eigenvalue weighted by atomic mass is 14.6. The molecule has 72 valence electrons. The fourth-order valence-electron chi connectivity index (χ4n) is 1.71. The molecule has 2 atom stereocenters. The van der Waals surface area contributed by atoms with Crippen LogP contribution in [0, 0.1) is 0 Å². The normalized spacial score (nSPS) is 15.3. The van der Waals surface area contributed by atoms with Crippen molar-refractivity contribution in [3.8, 4) is 0 Å². The number of nitrogens with two attached hydrogens (primary N) is 1. The summed E-state index contributed by atoms with van der Waals surface area (Å²) in [4.78, 5) is 0. The Balaban J connectivity index is 2.67. The summed E-state index contributed by atoms with van der Waals surface area (Å²) in [6.45, 7) is 4.30. The van der Waals surface area contributed by atoms with E-state index in [9.17, 15) is 0 Å². The fourth-order valence-corrected chi connectivity index (χ4v) is 1.71. The summed E-state index contributed by atoms with van der Waals surface area (Å²) in [5, 5.41) is 0. The zero-order valence-corrected chi connectivity index (χ0v) is 8.53. The fraction of sp³-hybridized carbons (Fsp3) is 0.500. The lowest BCUT2D eigenvalue weighted by Crippen LogP contribution is -2.18. The first-order chi connectivity index (χ1) is 6.24. The van der Waals surface area contributed by atoms with Crippen LogP contribution in [0.5, 0.6) is 0 Å². The van der Waals surface area contributed by atoms with Crippen molar-refractivity contribution in [1.29, 1.82) is 0 Å². The van der Waals surface area contributed by atoms with Crippen molar-refractivity contribution in [3.05, 3.63) is 35.9 Å². The van der Waals surface area contributed by atoms with E-state index >= 15 is 0 Å². The summed E-state index contributed by atoms with van der Waals surface area (Å²) in [5.74, 6) is 0.626. The lowest BCUT2D eigenvalue weighted by Gasteiger charge is -2.17. The Morgan fingerprint density at radius 2 is 1.85 bits per heavy atom. The number of hydrogen-bond acceptors (Lipinski definition) is 1. The molecule has 0 fully saturated rings. The Bertz CT molecular complexity index is 228. The van der Waals surface area contributed by atoms with Crippen molar-refractivity contribution < 1.29 is 0 Å². The quantitative estimate of drug-likeness (QED) is 0.752. The monoisotopic (exact) mass is 177 g/mol. The van der Waals surface area contributed by atoms with Crippen molar-refractivity contribution in [2.75, 3.05) is 0 Å². The van der Waals surface area contributed by atoms with Gasteiger partial charge in [0.25, 0.3) is 0 Å². The SMILES string of the molecule is CC[C@@H](C[C@H](C)N)c1ccccc1. The van der Waals surface area contributed by atoms with Crippen molar-refractivity contribution in [3.63, 3.8) is 0 Å². The average Bonchev–Trinajstić information content (AvgIpc) is 2.15. The van der Waals surface area contributed by atoms with E-state index in [1.165, 1.54) is 12.0 Å². The van der Waals surface area contributed by atoms with Gasteiger partial charge in [-0.3, -0.25) is 0 Å². The van der Waals surface area contributed by atoms with E-state index in [4.69, 9.17) is 5.73 Å². The van der Waals surface area contributed by atoms with Crippen molar-refractivity contribution in [2.24, 2.45) is 5.73 Å². The molecule has 0 radical (unpaired) electrons. The van der Waals surface area contributed by atoms with E-state index in [1.807, 2.05) is 0 Å². The largest absolute Gasteiger partial charge is 0.328 e. The summed E-state index contributed by atoms with van der Waals surface area (Å²) in [6.07, 6.45) is 2.26. The summed E-state index contributed by atoms with van der Waals surface area (Å²) < 4.78 is 0. The molecule has 2 N–H and O–H groups in total. The van der Waals surface area contributed by atoms with E-state index in [0.29, 0.717) is 12.0 Å². The van der Waals surface area contributed by atoms with Crippen LogP contribution in [0.4, 0.5) is 0 Å². The topological polar surface area (TPSA) is 26.0 Å². The van der Waals surface area contributed by atoms with Crippen LogP contribution in [0.1, 0.15) is 38.2 Å². The Labute approximate surface area is 81.0 Å². The van der Waals surface area contributed by atoms with Crippen LogP contribution in [0.2, 0.25) is 0 Å². The molecule has 0 saturated heterocycles. The highest BCUT2D eigenvalue weighted by Gasteiger charge is 2.10. The van der Waals surface area contributed by atoms with Crippen molar-refractivity contribution in [2.45, 2.75) is 38.6 Å². The molecule has 0 bridgehead atoms. The molecule has 1 aromatic carbocycles. The first kappa shape index (κ1) is 10.3. The van der Waals surface area contributed by atoms with E-state index in [2.05, 4.69) is 44.2 Å². The van der Waals surface area contributed by atoms with Gasteiger partial charge in [-0.2, -0.15) is 0 Å². The van der Waals surface area contributed by atoms with Gasteiger partial charge in [0.15, 0.2) is 0 Å². The first-order valence-corrected chi connectivity index (χ1v) is 5.04. The molecule has 0 aromatic heterocycles. The molecular formula is C12H19N. The van der Waals surface area contributed by atoms with Crippen LogP contribution < -0.4 is 5.73 Å². The molecule has 1 rings (SSSR count). The molecule has 0 aliphatic carbocycles. The van der Waals surface area contributed by atoms with Gasteiger partial charge >= 0.3 is 0 Å². The number of hydrogen-bond donors (Lipinski definition) is 1. The zero-order chi connectivity index (χ0) is 9.68. The molecule has 0 saturated carbocycles. The first-order valence-electron chi connectivity index (χ1n) is 5.04. The molecule has 0 unspecified atom stereocenters. The van der Waals surface area contributed by atoms with Crippen LogP contribution in [0.15, 0.2) is 30.3 Å². The van der Waals surface area contributed by atoms with Gasteiger partial charge in [-0.25, -0.2) is 0 Å². The van der Waals surface area contributed by atoms with E-state index < -0.39 is 0 Å². The maximum atomic E-state index is 5.81. The Hall–Kier alpha value is -0.820. The van der Waals surface area contributed by atoms with Crippen molar-refractivity contribution in [1.82, 2.24) is 0 Å². The number of rotatable bonds is 4. The minimum atomic E-state index is 0.296. The third kappa shape index (κ3) is 3.19. The van der Waals surface area contributed by atoms with Crippen LogP contribution in [-0.2, 0) is 0 Å². The van der Waals surface area contributed by atoms with Crippen LogP contribution >= 0.6 is 0 Å². The smallest absolute Gasteiger partial charge is 0.00163 e. The lowest BCUT2D eigenvalue weighted by atomic mass is 9.91. The third-order valence-corrected chi connectivity index (χ3v) is 2.42. The minimum Gasteiger partial charge on any atom is -0.328 e.